The van der Waals surface area contributed by atoms with E-state index in [1.54, 1.807) is 0 Å². The van der Waals surface area contributed by atoms with E-state index < -0.39 is 6.04 Å². The van der Waals surface area contributed by atoms with Crippen LogP contribution >= 0.6 is 0 Å². The summed E-state index contributed by atoms with van der Waals surface area (Å²) in [5.74, 6) is -0.0723. The number of hydrogen-bond acceptors (Lipinski definition) is 6. The van der Waals surface area contributed by atoms with Crippen molar-refractivity contribution in [2.45, 2.75) is 25.4 Å². The largest absolute Gasteiger partial charge is 0.379 e. The lowest BCUT2D eigenvalue weighted by Crippen LogP contribution is -2.47. The molecule has 1 fully saturated rings. The van der Waals surface area contributed by atoms with Gasteiger partial charge in [0.25, 0.3) is 0 Å². The van der Waals surface area contributed by atoms with Gasteiger partial charge in [-0.25, -0.2) is 4.68 Å². The zero-order valence-corrected chi connectivity index (χ0v) is 14.4. The van der Waals surface area contributed by atoms with Crippen molar-refractivity contribution in [3.05, 3.63) is 42.2 Å². The Morgan fingerprint density at radius 1 is 1.28 bits per heavy atom. The summed E-state index contributed by atoms with van der Waals surface area (Å²) in [6.07, 6.45) is 2.03. The zero-order chi connectivity index (χ0) is 17.5. The maximum atomic E-state index is 12.8. The Morgan fingerprint density at radius 2 is 2.04 bits per heavy atom. The monoisotopic (exact) mass is 344 g/mol. The van der Waals surface area contributed by atoms with Gasteiger partial charge >= 0.3 is 0 Å². The number of tetrazole rings is 1. The van der Waals surface area contributed by atoms with Crippen LogP contribution in [0.25, 0.3) is 0 Å². The highest BCUT2D eigenvalue weighted by Gasteiger charge is 2.24. The van der Waals surface area contributed by atoms with Crippen LogP contribution < -0.4 is 5.32 Å². The molecular weight excluding hydrogens is 320 g/mol. The van der Waals surface area contributed by atoms with Crippen LogP contribution in [0.3, 0.4) is 0 Å². The van der Waals surface area contributed by atoms with E-state index in [9.17, 15) is 4.79 Å². The molecule has 1 N–H and O–H groups in total. The molecule has 1 saturated heterocycles. The van der Waals surface area contributed by atoms with Crippen molar-refractivity contribution in [2.24, 2.45) is 0 Å². The summed E-state index contributed by atoms with van der Waals surface area (Å²) < 4.78 is 6.88. The first-order valence-electron chi connectivity index (χ1n) is 8.59. The maximum absolute atomic E-state index is 12.8. The van der Waals surface area contributed by atoms with E-state index >= 15 is 0 Å². The molecule has 0 radical (unpaired) electrons. The molecule has 0 aliphatic carbocycles. The van der Waals surface area contributed by atoms with Crippen LogP contribution in [0.1, 0.15) is 18.5 Å². The smallest absolute Gasteiger partial charge is 0.245 e. The van der Waals surface area contributed by atoms with Crippen molar-refractivity contribution >= 4 is 5.91 Å². The molecule has 134 valence electrons. The Labute approximate surface area is 147 Å². The summed E-state index contributed by atoms with van der Waals surface area (Å²) in [4.78, 5) is 15.1. The van der Waals surface area contributed by atoms with Gasteiger partial charge in [-0.15, -0.1) is 5.10 Å². The van der Waals surface area contributed by atoms with Crippen LogP contribution in [0, 0.1) is 0 Å². The van der Waals surface area contributed by atoms with Gasteiger partial charge in [-0.05, 0) is 22.9 Å². The number of morpholine rings is 1. The Hall–Kier alpha value is -2.32. The van der Waals surface area contributed by atoms with E-state index in [0.29, 0.717) is 6.42 Å². The minimum Gasteiger partial charge on any atom is -0.379 e. The number of aromatic nitrogens is 4. The highest BCUT2D eigenvalue weighted by molar-refractivity contribution is 5.80. The number of ether oxygens (including phenoxy) is 1. The maximum Gasteiger partial charge on any atom is 0.245 e. The second-order valence-electron chi connectivity index (χ2n) is 6.32. The van der Waals surface area contributed by atoms with Crippen LogP contribution in [-0.4, -0.2) is 69.9 Å². The molecule has 0 bridgehead atoms. The van der Waals surface area contributed by atoms with E-state index in [4.69, 9.17) is 4.74 Å². The first-order chi connectivity index (χ1) is 12.2. The van der Waals surface area contributed by atoms with E-state index in [1.165, 1.54) is 11.0 Å². The van der Waals surface area contributed by atoms with Crippen LogP contribution in [0.2, 0.25) is 0 Å². The summed E-state index contributed by atoms with van der Waals surface area (Å²) in [5, 5.41) is 14.4. The minimum absolute atomic E-state index is 0.0420. The summed E-state index contributed by atoms with van der Waals surface area (Å²) in [7, 11) is 0. The van der Waals surface area contributed by atoms with E-state index in [0.717, 1.165) is 38.4 Å². The molecule has 2 heterocycles. The molecule has 1 amide bonds. The van der Waals surface area contributed by atoms with Gasteiger partial charge in [-0.2, -0.15) is 0 Å². The second kappa shape index (κ2) is 8.68. The fourth-order valence-electron chi connectivity index (χ4n) is 3.01. The van der Waals surface area contributed by atoms with Gasteiger partial charge in [0.2, 0.25) is 5.91 Å². The molecule has 8 nitrogen and oxygen atoms in total. The van der Waals surface area contributed by atoms with Gasteiger partial charge in [0, 0.05) is 32.1 Å². The number of amides is 1. The summed E-state index contributed by atoms with van der Waals surface area (Å²) >= 11 is 0. The van der Waals surface area contributed by atoms with E-state index in [2.05, 4.69) is 25.7 Å². The molecule has 8 heteroatoms. The van der Waals surface area contributed by atoms with E-state index in [-0.39, 0.29) is 11.9 Å². The van der Waals surface area contributed by atoms with Gasteiger partial charge in [0.05, 0.1) is 13.2 Å². The third-order valence-corrected chi connectivity index (χ3v) is 4.28. The number of carbonyl (C=O) groups is 1. The predicted molar refractivity (Wildman–Crippen MR) is 91.9 cm³/mol. The molecule has 0 spiro atoms. The number of nitrogens with one attached hydrogen (secondary N) is 1. The highest BCUT2D eigenvalue weighted by Crippen LogP contribution is 2.13. The Kier molecular flexibility index (Phi) is 6.08. The molecule has 25 heavy (non-hydrogen) atoms. The lowest BCUT2D eigenvalue weighted by Gasteiger charge is -2.30. The van der Waals surface area contributed by atoms with Crippen molar-refractivity contribution in [1.82, 2.24) is 30.4 Å². The molecule has 0 saturated carbocycles. The Morgan fingerprint density at radius 3 is 2.72 bits per heavy atom. The average molecular weight is 344 g/mol. The number of hydrogen-bond donors (Lipinski definition) is 1. The summed E-state index contributed by atoms with van der Waals surface area (Å²) in [6, 6.07) is 9.46. The van der Waals surface area contributed by atoms with Crippen molar-refractivity contribution in [1.29, 1.82) is 0 Å². The van der Waals surface area contributed by atoms with Crippen LogP contribution in [0.5, 0.6) is 0 Å². The standard InChI is InChI=1S/C17H24N6O2/c1-14(12-22-7-9-25-10-8-22)19-17(24)16(23-13-18-20-21-23)11-15-5-3-2-4-6-15/h2-6,13-14,16H,7-12H2,1H3,(H,19,24)/t14-,16-/m0/s1. The summed E-state index contributed by atoms with van der Waals surface area (Å²) in [5.41, 5.74) is 1.07. The molecular formula is C17H24N6O2. The van der Waals surface area contributed by atoms with Crippen molar-refractivity contribution < 1.29 is 9.53 Å². The zero-order valence-electron chi connectivity index (χ0n) is 14.4. The molecule has 3 rings (SSSR count). The number of carbonyl (C=O) groups excluding carboxylic acids is 1. The van der Waals surface area contributed by atoms with Crippen LogP contribution in [0.15, 0.2) is 36.7 Å². The lowest BCUT2D eigenvalue weighted by atomic mass is 10.1. The van der Waals surface area contributed by atoms with E-state index in [1.807, 2.05) is 37.3 Å². The molecule has 1 aromatic carbocycles. The van der Waals surface area contributed by atoms with Crippen molar-refractivity contribution in [2.75, 3.05) is 32.8 Å². The van der Waals surface area contributed by atoms with Gasteiger partial charge in [0.15, 0.2) is 0 Å². The molecule has 2 aromatic rings. The quantitative estimate of drug-likeness (QED) is 0.777. The predicted octanol–water partition coefficient (Wildman–Crippen LogP) is 0.294. The number of benzene rings is 1. The SMILES string of the molecule is C[C@@H](CN1CCOCC1)NC(=O)[C@H](Cc1ccccc1)n1cnnn1. The number of nitrogens with zero attached hydrogens (tertiary/aromatic N) is 5. The third-order valence-electron chi connectivity index (χ3n) is 4.28. The Bertz CT molecular complexity index is 642. The fraction of sp³-hybridized carbons (Fsp3) is 0.529. The Balaban J connectivity index is 1.62. The average Bonchev–Trinajstić information content (AvgIpc) is 3.15. The minimum atomic E-state index is -0.468. The number of rotatable bonds is 7. The lowest BCUT2D eigenvalue weighted by molar-refractivity contribution is -0.125. The highest BCUT2D eigenvalue weighted by atomic mass is 16.5. The molecule has 1 aliphatic heterocycles. The fourth-order valence-corrected chi connectivity index (χ4v) is 3.01. The second-order valence-corrected chi connectivity index (χ2v) is 6.32. The van der Waals surface area contributed by atoms with Crippen molar-refractivity contribution in [3.63, 3.8) is 0 Å². The van der Waals surface area contributed by atoms with Gasteiger partial charge < -0.3 is 10.1 Å². The normalized spacial score (nSPS) is 17.8. The van der Waals surface area contributed by atoms with Gasteiger partial charge in [0.1, 0.15) is 12.4 Å². The molecule has 1 aromatic heterocycles. The molecule has 1 aliphatic rings. The van der Waals surface area contributed by atoms with Gasteiger partial charge in [-0.3, -0.25) is 9.69 Å². The molecule has 2 atom stereocenters. The third kappa shape index (κ3) is 5.07. The summed E-state index contributed by atoms with van der Waals surface area (Å²) in [6.45, 7) is 6.14. The van der Waals surface area contributed by atoms with Crippen LogP contribution in [-0.2, 0) is 16.0 Å². The first kappa shape index (κ1) is 17.5. The topological polar surface area (TPSA) is 85.2 Å². The molecule has 0 unspecified atom stereocenters. The first-order valence-corrected chi connectivity index (χ1v) is 8.59. The van der Waals surface area contributed by atoms with Crippen LogP contribution in [0.4, 0.5) is 0 Å². The van der Waals surface area contributed by atoms with Gasteiger partial charge in [-0.1, -0.05) is 30.3 Å². The van der Waals surface area contributed by atoms with Crippen molar-refractivity contribution in [3.8, 4) is 0 Å².